The van der Waals surface area contributed by atoms with Crippen LogP contribution in [0.4, 0.5) is 4.39 Å². The predicted molar refractivity (Wildman–Crippen MR) is 85.8 cm³/mol. The maximum atomic E-state index is 13.8. The van der Waals surface area contributed by atoms with Gasteiger partial charge in [0.15, 0.2) is 0 Å². The lowest BCUT2D eigenvalue weighted by atomic mass is 10.0. The van der Waals surface area contributed by atoms with Crippen molar-refractivity contribution in [3.05, 3.63) is 57.5 Å². The smallest absolute Gasteiger partial charge is 0.128 e. The topological polar surface area (TPSA) is 27.7 Å². The largest absolute Gasteiger partial charge is 0.368 e. The molecule has 1 fully saturated rings. The summed E-state index contributed by atoms with van der Waals surface area (Å²) in [7, 11) is 0. The highest BCUT2D eigenvalue weighted by Gasteiger charge is 2.49. The Labute approximate surface area is 139 Å². The minimum absolute atomic E-state index is 0.0233. The SMILES string of the molecule is CC[C@H]1O[C@@H]2c3sccc3CO[C@H]2[C@H]1OCc1ccccc1F. The van der Waals surface area contributed by atoms with Crippen molar-refractivity contribution in [1.82, 2.24) is 0 Å². The van der Waals surface area contributed by atoms with Crippen LogP contribution >= 0.6 is 11.3 Å². The zero-order valence-corrected chi connectivity index (χ0v) is 13.7. The molecule has 3 heterocycles. The fourth-order valence-corrected chi connectivity index (χ4v) is 4.34. The van der Waals surface area contributed by atoms with Crippen molar-refractivity contribution in [1.29, 1.82) is 0 Å². The fraction of sp³-hybridized carbons (Fsp3) is 0.444. The van der Waals surface area contributed by atoms with Gasteiger partial charge in [-0.15, -0.1) is 11.3 Å². The molecule has 4 rings (SSSR count). The lowest BCUT2D eigenvalue weighted by Crippen LogP contribution is -2.36. The van der Waals surface area contributed by atoms with Gasteiger partial charge in [-0.25, -0.2) is 4.39 Å². The van der Waals surface area contributed by atoms with E-state index in [0.29, 0.717) is 12.2 Å². The Hall–Kier alpha value is -1.27. The van der Waals surface area contributed by atoms with E-state index in [1.807, 2.05) is 6.07 Å². The third-order valence-electron chi connectivity index (χ3n) is 4.57. The molecule has 0 unspecified atom stereocenters. The van der Waals surface area contributed by atoms with Gasteiger partial charge in [-0.05, 0) is 29.5 Å². The van der Waals surface area contributed by atoms with Crippen LogP contribution in [0.15, 0.2) is 35.7 Å². The molecule has 0 bridgehead atoms. The molecule has 3 nitrogen and oxygen atoms in total. The van der Waals surface area contributed by atoms with Crippen molar-refractivity contribution in [2.45, 2.75) is 51.0 Å². The van der Waals surface area contributed by atoms with E-state index in [2.05, 4.69) is 18.4 Å². The van der Waals surface area contributed by atoms with Crippen LogP contribution in [-0.2, 0) is 27.4 Å². The average Bonchev–Trinajstić information content (AvgIpc) is 3.17. The van der Waals surface area contributed by atoms with Gasteiger partial charge in [0.1, 0.15) is 24.1 Å². The van der Waals surface area contributed by atoms with E-state index in [-0.39, 0.29) is 36.8 Å². The summed E-state index contributed by atoms with van der Waals surface area (Å²) >= 11 is 1.71. The number of thiophene rings is 1. The lowest BCUT2D eigenvalue weighted by Gasteiger charge is -2.28. The molecule has 0 amide bonds. The number of hydrogen-bond donors (Lipinski definition) is 0. The Kier molecular flexibility index (Phi) is 4.20. The van der Waals surface area contributed by atoms with Crippen LogP contribution in [0.2, 0.25) is 0 Å². The lowest BCUT2D eigenvalue weighted by molar-refractivity contribution is -0.0856. The highest BCUT2D eigenvalue weighted by molar-refractivity contribution is 7.10. The first-order valence-corrected chi connectivity index (χ1v) is 8.84. The van der Waals surface area contributed by atoms with Crippen LogP contribution in [0, 0.1) is 5.82 Å². The molecule has 2 aliphatic rings. The summed E-state index contributed by atoms with van der Waals surface area (Å²) in [6.45, 7) is 2.91. The summed E-state index contributed by atoms with van der Waals surface area (Å²) in [6.07, 6.45) is 0.482. The molecule has 0 saturated carbocycles. The van der Waals surface area contributed by atoms with E-state index in [4.69, 9.17) is 14.2 Å². The average molecular weight is 334 g/mol. The number of rotatable bonds is 4. The van der Waals surface area contributed by atoms with Crippen LogP contribution in [0.1, 0.15) is 35.5 Å². The van der Waals surface area contributed by atoms with Crippen LogP contribution in [0.5, 0.6) is 0 Å². The maximum Gasteiger partial charge on any atom is 0.128 e. The Balaban J connectivity index is 1.53. The monoisotopic (exact) mass is 334 g/mol. The molecule has 1 aromatic carbocycles. The minimum Gasteiger partial charge on any atom is -0.368 e. The molecule has 4 atom stereocenters. The summed E-state index contributed by atoms with van der Waals surface area (Å²) in [5.41, 5.74) is 1.78. The Morgan fingerprint density at radius 2 is 2.17 bits per heavy atom. The van der Waals surface area contributed by atoms with Gasteiger partial charge < -0.3 is 14.2 Å². The molecule has 23 heavy (non-hydrogen) atoms. The van der Waals surface area contributed by atoms with Gasteiger partial charge in [-0.2, -0.15) is 0 Å². The molecule has 0 aliphatic carbocycles. The highest BCUT2D eigenvalue weighted by Crippen LogP contribution is 2.45. The standard InChI is InChI=1S/C18H19FO3S/c1-2-14-15(20-9-11-5-3-4-6-13(11)19)16-17(22-14)18-12(10-21-16)7-8-23-18/h3-8,14-17H,2,9-10H2,1H3/t14-,15+,16+,17+/m1/s1. The number of fused-ring (bicyclic) bond motifs is 3. The van der Waals surface area contributed by atoms with Gasteiger partial charge in [0.25, 0.3) is 0 Å². The molecule has 0 radical (unpaired) electrons. The van der Waals surface area contributed by atoms with Gasteiger partial charge in [0.2, 0.25) is 0 Å². The van der Waals surface area contributed by atoms with Crippen LogP contribution < -0.4 is 0 Å². The van der Waals surface area contributed by atoms with E-state index < -0.39 is 0 Å². The zero-order chi connectivity index (χ0) is 15.8. The summed E-state index contributed by atoms with van der Waals surface area (Å²) in [4.78, 5) is 1.25. The van der Waals surface area contributed by atoms with Crippen molar-refractivity contribution >= 4 is 11.3 Å². The first-order chi connectivity index (χ1) is 11.3. The zero-order valence-electron chi connectivity index (χ0n) is 12.9. The van der Waals surface area contributed by atoms with Gasteiger partial charge in [-0.3, -0.25) is 0 Å². The molecular formula is C18H19FO3S. The molecule has 5 heteroatoms. The summed E-state index contributed by atoms with van der Waals surface area (Å²) in [5, 5.41) is 2.08. The van der Waals surface area contributed by atoms with Crippen molar-refractivity contribution in [3.8, 4) is 0 Å². The second-order valence-corrected chi connectivity index (χ2v) is 6.90. The van der Waals surface area contributed by atoms with Gasteiger partial charge in [0.05, 0.1) is 19.3 Å². The maximum absolute atomic E-state index is 13.8. The van der Waals surface area contributed by atoms with Crippen molar-refractivity contribution in [3.63, 3.8) is 0 Å². The molecular weight excluding hydrogens is 315 g/mol. The molecule has 1 saturated heterocycles. The van der Waals surface area contributed by atoms with Crippen molar-refractivity contribution in [2.75, 3.05) is 0 Å². The van der Waals surface area contributed by atoms with Gasteiger partial charge >= 0.3 is 0 Å². The molecule has 2 aliphatic heterocycles. The Morgan fingerprint density at radius 1 is 1.30 bits per heavy atom. The summed E-state index contributed by atoms with van der Waals surface area (Å²) in [5.74, 6) is -0.235. The van der Waals surface area contributed by atoms with E-state index in [9.17, 15) is 4.39 Å². The van der Waals surface area contributed by atoms with Crippen LogP contribution in [0.25, 0.3) is 0 Å². The molecule has 2 aromatic rings. The number of halogens is 1. The quantitative estimate of drug-likeness (QED) is 0.838. The first-order valence-electron chi connectivity index (χ1n) is 7.96. The minimum atomic E-state index is -0.235. The van der Waals surface area contributed by atoms with Crippen LogP contribution in [0.3, 0.4) is 0 Å². The number of hydrogen-bond acceptors (Lipinski definition) is 4. The molecule has 0 spiro atoms. The highest BCUT2D eigenvalue weighted by atomic mass is 32.1. The van der Waals surface area contributed by atoms with Crippen LogP contribution in [-0.4, -0.2) is 18.3 Å². The Bertz CT molecular complexity index is 686. The summed E-state index contributed by atoms with van der Waals surface area (Å²) in [6, 6.07) is 8.81. The fourth-order valence-electron chi connectivity index (χ4n) is 3.35. The first kappa shape index (κ1) is 15.3. The second-order valence-electron chi connectivity index (χ2n) is 5.96. The van der Waals surface area contributed by atoms with Gasteiger partial charge in [-0.1, -0.05) is 25.1 Å². The third-order valence-corrected chi connectivity index (χ3v) is 5.59. The normalized spacial score (nSPS) is 29.3. The molecule has 1 aromatic heterocycles. The van der Waals surface area contributed by atoms with E-state index in [1.54, 1.807) is 23.5 Å². The Morgan fingerprint density at radius 3 is 3.00 bits per heavy atom. The third kappa shape index (κ3) is 2.72. The molecule has 0 N–H and O–H groups in total. The summed E-state index contributed by atoms with van der Waals surface area (Å²) < 4.78 is 32.0. The van der Waals surface area contributed by atoms with E-state index in [1.165, 1.54) is 16.5 Å². The number of benzene rings is 1. The van der Waals surface area contributed by atoms with Gasteiger partial charge in [0, 0.05) is 10.4 Å². The predicted octanol–water partition coefficient (Wildman–Crippen LogP) is 4.22. The van der Waals surface area contributed by atoms with E-state index in [0.717, 1.165) is 6.42 Å². The van der Waals surface area contributed by atoms with Crippen molar-refractivity contribution < 1.29 is 18.6 Å². The van der Waals surface area contributed by atoms with E-state index >= 15 is 0 Å². The van der Waals surface area contributed by atoms with Crippen molar-refractivity contribution in [2.24, 2.45) is 0 Å². The molecule has 122 valence electrons. The second kappa shape index (κ2) is 6.32. The number of ether oxygens (including phenoxy) is 3.